The van der Waals surface area contributed by atoms with Crippen molar-refractivity contribution in [2.75, 3.05) is 0 Å². The maximum atomic E-state index is 5.89. The highest BCUT2D eigenvalue weighted by atomic mass is 32.2. The Labute approximate surface area is 190 Å². The number of hydrogen-bond donors (Lipinski definition) is 0. The fraction of sp³-hybridized carbons (Fsp3) is 0.208. The van der Waals surface area contributed by atoms with E-state index in [-0.39, 0.29) is 0 Å². The van der Waals surface area contributed by atoms with Gasteiger partial charge in [-0.3, -0.25) is 4.57 Å². The number of ether oxygens (including phenoxy) is 1. The molecule has 4 aromatic rings. The molecule has 0 saturated carbocycles. The van der Waals surface area contributed by atoms with E-state index in [2.05, 4.69) is 60.3 Å². The molecular formula is C24H24N4OS2. The zero-order valence-corrected chi connectivity index (χ0v) is 19.2. The van der Waals surface area contributed by atoms with Crippen LogP contribution in [-0.2, 0) is 18.9 Å². The number of nitrogens with zero attached hydrogens (tertiary/aromatic N) is 4. The molecule has 0 N–H and O–H groups in total. The van der Waals surface area contributed by atoms with Crippen molar-refractivity contribution in [1.29, 1.82) is 0 Å². The van der Waals surface area contributed by atoms with E-state index in [0.717, 1.165) is 38.7 Å². The minimum Gasteiger partial charge on any atom is -0.486 e. The summed E-state index contributed by atoms with van der Waals surface area (Å²) in [6, 6.07) is 16.4. The summed E-state index contributed by atoms with van der Waals surface area (Å²) in [5, 5.41) is 12.7. The lowest BCUT2D eigenvalue weighted by molar-refractivity contribution is 0.289. The van der Waals surface area contributed by atoms with Crippen LogP contribution in [0.5, 0.6) is 5.75 Å². The first-order valence-corrected chi connectivity index (χ1v) is 11.9. The van der Waals surface area contributed by atoms with E-state index in [4.69, 9.17) is 9.72 Å². The highest BCUT2D eigenvalue weighted by Crippen LogP contribution is 2.28. The fourth-order valence-corrected chi connectivity index (χ4v) is 4.83. The largest absolute Gasteiger partial charge is 0.486 e. The first-order chi connectivity index (χ1) is 15.1. The van der Waals surface area contributed by atoms with Crippen LogP contribution in [0, 0.1) is 13.8 Å². The van der Waals surface area contributed by atoms with Gasteiger partial charge in [0.25, 0.3) is 0 Å². The van der Waals surface area contributed by atoms with Crippen LogP contribution in [0.4, 0.5) is 0 Å². The third-order valence-corrected chi connectivity index (χ3v) is 6.60. The van der Waals surface area contributed by atoms with Crippen molar-refractivity contribution >= 4 is 23.1 Å². The van der Waals surface area contributed by atoms with Gasteiger partial charge in [0.1, 0.15) is 17.4 Å². The van der Waals surface area contributed by atoms with Crippen molar-refractivity contribution in [3.63, 3.8) is 0 Å². The number of aryl methyl sites for hydroxylation is 2. The van der Waals surface area contributed by atoms with Crippen molar-refractivity contribution in [2.45, 2.75) is 37.9 Å². The molecule has 4 rings (SSSR count). The Hall–Kier alpha value is -2.90. The number of allylic oxidation sites excluding steroid dienone is 1. The maximum Gasteiger partial charge on any atom is 0.191 e. The number of rotatable bonds is 9. The zero-order valence-electron chi connectivity index (χ0n) is 17.6. The van der Waals surface area contributed by atoms with Crippen molar-refractivity contribution in [3.8, 4) is 16.3 Å². The highest BCUT2D eigenvalue weighted by molar-refractivity contribution is 7.98. The predicted octanol–water partition coefficient (Wildman–Crippen LogP) is 6.08. The summed E-state index contributed by atoms with van der Waals surface area (Å²) < 4.78 is 7.94. The smallest absolute Gasteiger partial charge is 0.191 e. The first kappa shape index (κ1) is 21.3. The number of benzene rings is 2. The summed E-state index contributed by atoms with van der Waals surface area (Å²) in [6.07, 6.45) is 1.85. The molecule has 5 nitrogen and oxygen atoms in total. The quantitative estimate of drug-likeness (QED) is 0.230. The molecular weight excluding hydrogens is 424 g/mol. The lowest BCUT2D eigenvalue weighted by Gasteiger charge is -2.09. The average Bonchev–Trinajstić information content (AvgIpc) is 3.39. The SMILES string of the molecule is C=CCn1c(COc2ccc(C)cc2)nnc1SCc1csc(-c2cccc(C)c2)n1. The number of thiazole rings is 1. The fourth-order valence-electron chi connectivity index (χ4n) is 3.05. The van der Waals surface area contributed by atoms with Gasteiger partial charge in [-0.25, -0.2) is 4.98 Å². The van der Waals surface area contributed by atoms with E-state index in [0.29, 0.717) is 13.2 Å². The Morgan fingerprint density at radius 3 is 2.71 bits per heavy atom. The molecule has 0 bridgehead atoms. The Bertz CT molecular complexity index is 1160. The topological polar surface area (TPSA) is 52.8 Å². The number of thioether (sulfide) groups is 1. The second-order valence-corrected chi connectivity index (χ2v) is 9.00. The second-order valence-electron chi connectivity index (χ2n) is 7.20. The Balaban J connectivity index is 1.42. The second kappa shape index (κ2) is 9.94. The summed E-state index contributed by atoms with van der Waals surface area (Å²) in [7, 11) is 0. The molecule has 0 radical (unpaired) electrons. The molecule has 0 spiro atoms. The molecule has 158 valence electrons. The van der Waals surface area contributed by atoms with Gasteiger partial charge in [0, 0.05) is 23.2 Å². The summed E-state index contributed by atoms with van der Waals surface area (Å²) in [4.78, 5) is 4.80. The van der Waals surface area contributed by atoms with Crippen LogP contribution >= 0.6 is 23.1 Å². The summed E-state index contributed by atoms with van der Waals surface area (Å²) in [6.45, 7) is 9.02. The van der Waals surface area contributed by atoms with Gasteiger partial charge in [0.2, 0.25) is 0 Å². The molecule has 2 aromatic heterocycles. The normalized spacial score (nSPS) is 10.9. The van der Waals surface area contributed by atoms with Crippen molar-refractivity contribution < 1.29 is 4.74 Å². The molecule has 0 fully saturated rings. The van der Waals surface area contributed by atoms with Gasteiger partial charge in [-0.05, 0) is 32.0 Å². The molecule has 7 heteroatoms. The van der Waals surface area contributed by atoms with Crippen LogP contribution in [0.3, 0.4) is 0 Å². The minimum atomic E-state index is 0.360. The van der Waals surface area contributed by atoms with E-state index in [1.807, 2.05) is 34.9 Å². The first-order valence-electron chi connectivity index (χ1n) is 9.99. The molecule has 0 amide bonds. The van der Waals surface area contributed by atoms with Crippen molar-refractivity contribution in [2.24, 2.45) is 0 Å². The van der Waals surface area contributed by atoms with Gasteiger partial charge >= 0.3 is 0 Å². The third-order valence-electron chi connectivity index (χ3n) is 4.66. The Morgan fingerprint density at radius 1 is 1.10 bits per heavy atom. The van der Waals surface area contributed by atoms with E-state index >= 15 is 0 Å². The molecule has 31 heavy (non-hydrogen) atoms. The van der Waals surface area contributed by atoms with Crippen LogP contribution in [0.15, 0.2) is 71.7 Å². The molecule has 0 aliphatic rings. The average molecular weight is 449 g/mol. The predicted molar refractivity (Wildman–Crippen MR) is 128 cm³/mol. The highest BCUT2D eigenvalue weighted by Gasteiger charge is 2.14. The standard InChI is InChI=1S/C24H24N4OS2/c1-4-12-28-22(14-29-21-10-8-17(2)9-11-21)26-27-24(28)31-16-20-15-30-23(25-20)19-7-5-6-18(3)13-19/h4-11,13,15H,1,12,14,16H2,2-3H3. The zero-order chi connectivity index (χ0) is 21.6. The van der Waals surface area contributed by atoms with E-state index in [9.17, 15) is 0 Å². The van der Waals surface area contributed by atoms with Gasteiger partial charge in [-0.2, -0.15) is 0 Å². The third kappa shape index (κ3) is 5.42. The van der Waals surface area contributed by atoms with E-state index < -0.39 is 0 Å². The van der Waals surface area contributed by atoms with Crippen LogP contribution in [0.2, 0.25) is 0 Å². The lowest BCUT2D eigenvalue weighted by atomic mass is 10.1. The lowest BCUT2D eigenvalue weighted by Crippen LogP contribution is -2.07. The van der Waals surface area contributed by atoms with Gasteiger partial charge in [-0.15, -0.1) is 28.1 Å². The molecule has 2 aromatic carbocycles. The minimum absolute atomic E-state index is 0.360. The Kier molecular flexibility index (Phi) is 6.84. The molecule has 2 heterocycles. The van der Waals surface area contributed by atoms with Crippen LogP contribution in [0.1, 0.15) is 22.6 Å². The van der Waals surface area contributed by atoms with Gasteiger partial charge < -0.3 is 4.74 Å². The summed E-state index contributed by atoms with van der Waals surface area (Å²) in [5.74, 6) is 2.33. The summed E-state index contributed by atoms with van der Waals surface area (Å²) in [5.41, 5.74) is 4.64. The Morgan fingerprint density at radius 2 is 1.94 bits per heavy atom. The number of aromatic nitrogens is 4. The van der Waals surface area contributed by atoms with Crippen molar-refractivity contribution in [3.05, 3.63) is 89.2 Å². The molecule has 0 unspecified atom stereocenters. The summed E-state index contributed by atoms with van der Waals surface area (Å²) >= 11 is 3.30. The molecule has 0 saturated heterocycles. The van der Waals surface area contributed by atoms with Crippen LogP contribution < -0.4 is 4.74 Å². The molecule has 0 atom stereocenters. The monoisotopic (exact) mass is 448 g/mol. The molecule has 0 aliphatic carbocycles. The van der Waals surface area contributed by atoms with Crippen LogP contribution in [0.25, 0.3) is 10.6 Å². The maximum absolute atomic E-state index is 5.89. The van der Waals surface area contributed by atoms with Gasteiger partial charge in [0.05, 0.1) is 5.69 Å². The van der Waals surface area contributed by atoms with Crippen LogP contribution in [-0.4, -0.2) is 19.7 Å². The van der Waals surface area contributed by atoms with Gasteiger partial charge in [0.15, 0.2) is 11.0 Å². The number of hydrogen-bond acceptors (Lipinski definition) is 6. The molecule has 0 aliphatic heterocycles. The van der Waals surface area contributed by atoms with E-state index in [1.165, 1.54) is 11.1 Å². The van der Waals surface area contributed by atoms with Gasteiger partial charge in [-0.1, -0.05) is 59.3 Å². The van der Waals surface area contributed by atoms with Crippen molar-refractivity contribution in [1.82, 2.24) is 19.7 Å². The van der Waals surface area contributed by atoms with E-state index in [1.54, 1.807) is 23.1 Å².